The van der Waals surface area contributed by atoms with E-state index in [1.165, 1.54) is 0 Å². The molecule has 0 aromatic heterocycles. The van der Waals surface area contributed by atoms with Gasteiger partial charge in [-0.05, 0) is 52.9 Å². The van der Waals surface area contributed by atoms with Crippen LogP contribution in [-0.4, -0.2) is 19.1 Å². The van der Waals surface area contributed by atoms with Crippen LogP contribution >= 0.6 is 34.2 Å². The molecule has 1 aliphatic heterocycles. The van der Waals surface area contributed by atoms with Gasteiger partial charge >= 0.3 is 0 Å². The number of benzene rings is 2. The maximum absolute atomic E-state index is 12.4. The molecule has 0 spiro atoms. The summed E-state index contributed by atoms with van der Waals surface area (Å²) in [4.78, 5) is 12.4. The molecule has 21 heavy (non-hydrogen) atoms. The summed E-state index contributed by atoms with van der Waals surface area (Å²) in [5.41, 5.74) is 1.16. The molecule has 3 rings (SSSR count). The van der Waals surface area contributed by atoms with Crippen molar-refractivity contribution >= 4 is 45.8 Å². The Bertz CT molecular complexity index is 705. The predicted octanol–water partition coefficient (Wildman–Crippen LogP) is 3.97. The first-order valence-corrected chi connectivity index (χ1v) is 7.76. The lowest BCUT2D eigenvalue weighted by atomic mass is 10.1. The molecular formula is C15H11ClINO3. The summed E-state index contributed by atoms with van der Waals surface area (Å²) in [7, 11) is 0. The number of halogens is 2. The van der Waals surface area contributed by atoms with Gasteiger partial charge in [0.1, 0.15) is 13.2 Å². The summed E-state index contributed by atoms with van der Waals surface area (Å²) in [6.07, 6.45) is 0. The summed E-state index contributed by atoms with van der Waals surface area (Å²) in [6, 6.07) is 10.6. The van der Waals surface area contributed by atoms with Crippen LogP contribution in [0.25, 0.3) is 0 Å². The van der Waals surface area contributed by atoms with Gasteiger partial charge in [-0.15, -0.1) is 0 Å². The van der Waals surface area contributed by atoms with Gasteiger partial charge in [-0.1, -0.05) is 17.7 Å². The number of fused-ring (bicyclic) bond motifs is 1. The van der Waals surface area contributed by atoms with E-state index in [-0.39, 0.29) is 5.91 Å². The first kappa shape index (κ1) is 14.5. The van der Waals surface area contributed by atoms with E-state index < -0.39 is 0 Å². The molecular weight excluding hydrogens is 405 g/mol. The summed E-state index contributed by atoms with van der Waals surface area (Å²) in [6.45, 7) is 0.933. The fourth-order valence-electron chi connectivity index (χ4n) is 2.03. The molecule has 0 fully saturated rings. The molecule has 0 unspecified atom stereocenters. The van der Waals surface area contributed by atoms with E-state index in [2.05, 4.69) is 27.9 Å². The van der Waals surface area contributed by atoms with Crippen LogP contribution in [0, 0.1) is 3.57 Å². The molecule has 108 valence electrons. The van der Waals surface area contributed by atoms with E-state index in [1.807, 2.05) is 0 Å². The molecule has 1 heterocycles. The lowest BCUT2D eigenvalue weighted by Gasteiger charge is -2.20. The van der Waals surface area contributed by atoms with Crippen LogP contribution in [0.2, 0.25) is 5.02 Å². The largest absolute Gasteiger partial charge is 0.486 e. The second kappa shape index (κ2) is 6.11. The Hall–Kier alpha value is -1.47. The Balaban J connectivity index is 1.89. The van der Waals surface area contributed by atoms with Crippen LogP contribution in [0.1, 0.15) is 10.4 Å². The van der Waals surface area contributed by atoms with E-state index in [1.54, 1.807) is 36.4 Å². The van der Waals surface area contributed by atoms with Gasteiger partial charge in [-0.2, -0.15) is 0 Å². The number of carbonyl (C=O) groups is 1. The molecule has 0 radical (unpaired) electrons. The SMILES string of the molecule is O=C(Nc1ccc(Cl)cc1I)c1cccc2c1OCCO2. The summed E-state index contributed by atoms with van der Waals surface area (Å²) in [5, 5.41) is 3.49. The monoisotopic (exact) mass is 415 g/mol. The molecule has 0 bridgehead atoms. The third-order valence-corrected chi connectivity index (χ3v) is 4.12. The number of anilines is 1. The van der Waals surface area contributed by atoms with Gasteiger partial charge in [0.2, 0.25) is 0 Å². The average molecular weight is 416 g/mol. The number of hydrogen-bond acceptors (Lipinski definition) is 3. The summed E-state index contributed by atoms with van der Waals surface area (Å²) < 4.78 is 11.9. The highest BCUT2D eigenvalue weighted by Gasteiger charge is 2.20. The lowest BCUT2D eigenvalue weighted by Crippen LogP contribution is -2.20. The number of para-hydroxylation sites is 1. The molecule has 0 saturated heterocycles. The first-order valence-electron chi connectivity index (χ1n) is 6.30. The van der Waals surface area contributed by atoms with Gasteiger partial charge < -0.3 is 14.8 Å². The third-order valence-electron chi connectivity index (χ3n) is 2.99. The van der Waals surface area contributed by atoms with Gasteiger partial charge in [-0.3, -0.25) is 4.79 Å². The topological polar surface area (TPSA) is 47.6 Å². The second-order valence-electron chi connectivity index (χ2n) is 4.41. The van der Waals surface area contributed by atoms with Gasteiger partial charge in [0, 0.05) is 8.59 Å². The van der Waals surface area contributed by atoms with Crippen molar-refractivity contribution in [1.82, 2.24) is 0 Å². The third kappa shape index (κ3) is 3.08. The maximum atomic E-state index is 12.4. The number of hydrogen-bond donors (Lipinski definition) is 1. The van der Waals surface area contributed by atoms with Crippen LogP contribution in [0.5, 0.6) is 11.5 Å². The molecule has 6 heteroatoms. The van der Waals surface area contributed by atoms with E-state index in [9.17, 15) is 4.79 Å². The number of rotatable bonds is 2. The molecule has 0 saturated carbocycles. The molecule has 2 aromatic carbocycles. The van der Waals surface area contributed by atoms with Crippen molar-refractivity contribution in [3.63, 3.8) is 0 Å². The molecule has 0 aliphatic carbocycles. The van der Waals surface area contributed by atoms with E-state index in [0.29, 0.717) is 41.0 Å². The number of amides is 1. The van der Waals surface area contributed by atoms with Crippen LogP contribution in [0.4, 0.5) is 5.69 Å². The minimum Gasteiger partial charge on any atom is -0.486 e. The van der Waals surface area contributed by atoms with Crippen molar-refractivity contribution < 1.29 is 14.3 Å². The maximum Gasteiger partial charge on any atom is 0.259 e. The Morgan fingerprint density at radius 3 is 2.81 bits per heavy atom. The zero-order valence-corrected chi connectivity index (χ0v) is 13.8. The first-order chi connectivity index (χ1) is 10.1. The number of nitrogens with one attached hydrogen (secondary N) is 1. The van der Waals surface area contributed by atoms with Crippen LogP contribution in [0.3, 0.4) is 0 Å². The van der Waals surface area contributed by atoms with Crippen molar-refractivity contribution in [3.8, 4) is 11.5 Å². The van der Waals surface area contributed by atoms with Crippen molar-refractivity contribution in [2.45, 2.75) is 0 Å². The Kier molecular flexibility index (Phi) is 4.21. The van der Waals surface area contributed by atoms with Crippen LogP contribution in [-0.2, 0) is 0 Å². The standard InChI is InChI=1S/C15H11ClINO3/c16-9-4-5-12(11(17)8-9)18-15(19)10-2-1-3-13-14(10)21-7-6-20-13/h1-5,8H,6-7H2,(H,18,19). The van der Waals surface area contributed by atoms with Crippen molar-refractivity contribution in [2.75, 3.05) is 18.5 Å². The molecule has 2 aromatic rings. The zero-order valence-electron chi connectivity index (χ0n) is 10.9. The minimum atomic E-state index is -0.238. The predicted molar refractivity (Wildman–Crippen MR) is 89.6 cm³/mol. The Morgan fingerprint density at radius 1 is 1.19 bits per heavy atom. The zero-order chi connectivity index (χ0) is 14.8. The Morgan fingerprint density at radius 2 is 2.00 bits per heavy atom. The molecule has 4 nitrogen and oxygen atoms in total. The van der Waals surface area contributed by atoms with Crippen LogP contribution < -0.4 is 14.8 Å². The highest BCUT2D eigenvalue weighted by atomic mass is 127. The van der Waals surface area contributed by atoms with E-state index >= 15 is 0 Å². The second-order valence-corrected chi connectivity index (χ2v) is 6.01. The minimum absolute atomic E-state index is 0.238. The Labute approximate surface area is 140 Å². The number of carbonyl (C=O) groups excluding carboxylic acids is 1. The highest BCUT2D eigenvalue weighted by molar-refractivity contribution is 14.1. The van der Waals surface area contributed by atoms with Crippen molar-refractivity contribution in [2.24, 2.45) is 0 Å². The van der Waals surface area contributed by atoms with E-state index in [4.69, 9.17) is 21.1 Å². The smallest absolute Gasteiger partial charge is 0.259 e. The highest BCUT2D eigenvalue weighted by Crippen LogP contribution is 2.34. The van der Waals surface area contributed by atoms with Gasteiger partial charge in [0.15, 0.2) is 11.5 Å². The van der Waals surface area contributed by atoms with Crippen LogP contribution in [0.15, 0.2) is 36.4 Å². The normalized spacial score (nSPS) is 12.9. The quantitative estimate of drug-likeness (QED) is 0.755. The van der Waals surface area contributed by atoms with Gasteiger partial charge in [0.25, 0.3) is 5.91 Å². The molecule has 1 aliphatic rings. The average Bonchev–Trinajstić information content (AvgIpc) is 2.49. The summed E-state index contributed by atoms with van der Waals surface area (Å²) in [5.74, 6) is 0.850. The summed E-state index contributed by atoms with van der Waals surface area (Å²) >= 11 is 8.04. The van der Waals surface area contributed by atoms with Gasteiger partial charge in [-0.25, -0.2) is 0 Å². The number of ether oxygens (including phenoxy) is 2. The molecule has 0 atom stereocenters. The van der Waals surface area contributed by atoms with Crippen molar-refractivity contribution in [1.29, 1.82) is 0 Å². The fourth-order valence-corrected chi connectivity index (χ4v) is 3.04. The fraction of sp³-hybridized carbons (Fsp3) is 0.133. The van der Waals surface area contributed by atoms with E-state index in [0.717, 1.165) is 3.57 Å². The molecule has 1 amide bonds. The molecule has 1 N–H and O–H groups in total. The van der Waals surface area contributed by atoms with Crippen molar-refractivity contribution in [3.05, 3.63) is 50.6 Å². The van der Waals surface area contributed by atoms with Gasteiger partial charge in [0.05, 0.1) is 11.3 Å². The lowest BCUT2D eigenvalue weighted by molar-refractivity contribution is 0.101.